The molecule has 0 atom stereocenters. The van der Waals surface area contributed by atoms with E-state index >= 15 is 0 Å². The van der Waals surface area contributed by atoms with Crippen LogP contribution >= 0.6 is 0 Å². The van der Waals surface area contributed by atoms with E-state index in [1.54, 1.807) is 18.2 Å². The Morgan fingerprint density at radius 1 is 0.912 bits per heavy atom. The molecule has 180 valence electrons. The highest BCUT2D eigenvalue weighted by Gasteiger charge is 2.12. The number of hydrogen-bond donors (Lipinski definition) is 0. The number of carbonyl (C=O) groups excluding carboxylic acids is 2. The largest absolute Gasteiger partial charge is 0.463 e. The third-order valence-electron chi connectivity index (χ3n) is 5.65. The average molecular weight is 462 g/mol. The fraction of sp³-hybridized carbons (Fsp3) is 0.414. The predicted octanol–water partition coefficient (Wildman–Crippen LogP) is 6.73. The van der Waals surface area contributed by atoms with Gasteiger partial charge in [0.05, 0.1) is 17.7 Å². The van der Waals surface area contributed by atoms with Gasteiger partial charge in [0, 0.05) is 6.08 Å². The standard InChI is InChI=1S/C29H35NO4/c1-3-5-9-13-24-16-19-27(26(21-24)22-30)34-29(32)25-17-14-23(15-18-25)12-10-7-6-8-11-20-33-28(31)4-2/h4,14-19,21H,2-3,5-13,20H2,1H3. The van der Waals surface area contributed by atoms with Gasteiger partial charge < -0.3 is 9.47 Å². The van der Waals surface area contributed by atoms with Crippen molar-refractivity contribution in [2.75, 3.05) is 6.61 Å². The van der Waals surface area contributed by atoms with Crippen LogP contribution in [-0.4, -0.2) is 18.5 Å². The van der Waals surface area contributed by atoms with Crippen molar-refractivity contribution < 1.29 is 19.1 Å². The van der Waals surface area contributed by atoms with Crippen molar-refractivity contribution >= 4 is 11.9 Å². The number of nitrogens with zero attached hydrogens (tertiary/aromatic N) is 1. The lowest BCUT2D eigenvalue weighted by atomic mass is 10.0. The van der Waals surface area contributed by atoms with Gasteiger partial charge in [-0.05, 0) is 67.5 Å². The minimum atomic E-state index is -0.459. The van der Waals surface area contributed by atoms with Crippen LogP contribution in [0.3, 0.4) is 0 Å². The van der Waals surface area contributed by atoms with Gasteiger partial charge in [-0.25, -0.2) is 9.59 Å². The molecule has 0 saturated carbocycles. The molecule has 0 radical (unpaired) electrons. The van der Waals surface area contributed by atoms with Crippen molar-refractivity contribution in [3.8, 4) is 11.8 Å². The first-order chi connectivity index (χ1) is 16.6. The molecule has 5 heteroatoms. The number of nitriles is 1. The first kappa shape index (κ1) is 26.9. The molecule has 0 saturated heterocycles. The molecule has 0 aromatic heterocycles. The van der Waals surface area contributed by atoms with Crippen LogP contribution in [0.15, 0.2) is 55.1 Å². The molecule has 5 nitrogen and oxygen atoms in total. The van der Waals surface area contributed by atoms with E-state index in [1.807, 2.05) is 24.3 Å². The first-order valence-electron chi connectivity index (χ1n) is 12.2. The zero-order chi connectivity index (χ0) is 24.6. The van der Waals surface area contributed by atoms with E-state index in [2.05, 4.69) is 19.6 Å². The van der Waals surface area contributed by atoms with Crippen LogP contribution in [0.1, 0.15) is 85.3 Å². The number of hydrogen-bond acceptors (Lipinski definition) is 5. The maximum atomic E-state index is 12.6. The Labute approximate surface area is 203 Å². The van der Waals surface area contributed by atoms with E-state index in [-0.39, 0.29) is 5.97 Å². The molecule has 0 N–H and O–H groups in total. The lowest BCUT2D eigenvalue weighted by Crippen LogP contribution is -2.09. The Bertz CT molecular complexity index is 973. The normalized spacial score (nSPS) is 10.4. The summed E-state index contributed by atoms with van der Waals surface area (Å²) in [5.41, 5.74) is 3.11. The highest BCUT2D eigenvalue weighted by molar-refractivity contribution is 5.91. The SMILES string of the molecule is C=CC(=O)OCCCCCCCc1ccc(C(=O)Oc2ccc(CCCCC)cc2C#N)cc1. The fourth-order valence-corrected chi connectivity index (χ4v) is 3.65. The molecule has 34 heavy (non-hydrogen) atoms. The molecule has 0 amide bonds. The topological polar surface area (TPSA) is 76.4 Å². The molecule has 0 fully saturated rings. The number of unbranched alkanes of at least 4 members (excludes halogenated alkanes) is 6. The van der Waals surface area contributed by atoms with Gasteiger partial charge >= 0.3 is 11.9 Å². The quantitative estimate of drug-likeness (QED) is 0.127. The highest BCUT2D eigenvalue weighted by Crippen LogP contribution is 2.22. The molecular formula is C29H35NO4. The Balaban J connectivity index is 1.76. The zero-order valence-electron chi connectivity index (χ0n) is 20.2. The van der Waals surface area contributed by atoms with Gasteiger partial charge in [-0.15, -0.1) is 0 Å². The smallest absolute Gasteiger partial charge is 0.343 e. The van der Waals surface area contributed by atoms with Gasteiger partial charge in [0.15, 0.2) is 0 Å². The number of aryl methyl sites for hydroxylation is 2. The van der Waals surface area contributed by atoms with E-state index in [0.29, 0.717) is 23.5 Å². The van der Waals surface area contributed by atoms with Crippen LogP contribution in [0.4, 0.5) is 0 Å². The molecule has 2 aromatic carbocycles. The van der Waals surface area contributed by atoms with Crippen molar-refractivity contribution in [1.82, 2.24) is 0 Å². The van der Waals surface area contributed by atoms with Crippen molar-refractivity contribution in [2.45, 2.75) is 71.1 Å². The monoisotopic (exact) mass is 461 g/mol. The van der Waals surface area contributed by atoms with Crippen LogP contribution in [-0.2, 0) is 22.4 Å². The maximum Gasteiger partial charge on any atom is 0.343 e. The Morgan fingerprint density at radius 3 is 2.26 bits per heavy atom. The lowest BCUT2D eigenvalue weighted by Gasteiger charge is -2.09. The molecule has 0 aliphatic carbocycles. The third-order valence-corrected chi connectivity index (χ3v) is 5.65. The second-order valence-corrected chi connectivity index (χ2v) is 8.38. The van der Waals surface area contributed by atoms with Crippen molar-refractivity contribution in [3.63, 3.8) is 0 Å². The van der Waals surface area contributed by atoms with E-state index < -0.39 is 5.97 Å². The molecule has 0 aliphatic rings. The summed E-state index contributed by atoms with van der Waals surface area (Å²) in [6.07, 6.45) is 11.6. The minimum Gasteiger partial charge on any atom is -0.463 e. The van der Waals surface area contributed by atoms with Crippen LogP contribution in [0, 0.1) is 11.3 Å². The van der Waals surface area contributed by atoms with Gasteiger partial charge in [-0.2, -0.15) is 5.26 Å². The Kier molecular flexibility index (Phi) is 12.2. The summed E-state index contributed by atoms with van der Waals surface area (Å²) < 4.78 is 10.5. The number of esters is 2. The summed E-state index contributed by atoms with van der Waals surface area (Å²) in [4.78, 5) is 23.5. The summed E-state index contributed by atoms with van der Waals surface area (Å²) in [5, 5.41) is 9.47. The summed E-state index contributed by atoms with van der Waals surface area (Å²) in [6, 6.07) is 15.1. The number of carbonyl (C=O) groups is 2. The molecule has 0 aliphatic heterocycles. The third kappa shape index (κ3) is 9.62. The summed E-state index contributed by atoms with van der Waals surface area (Å²) >= 11 is 0. The summed E-state index contributed by atoms with van der Waals surface area (Å²) in [5.74, 6) is -0.525. The van der Waals surface area contributed by atoms with Crippen LogP contribution in [0.25, 0.3) is 0 Å². The molecule has 0 spiro atoms. The van der Waals surface area contributed by atoms with Crippen LogP contribution < -0.4 is 4.74 Å². The van der Waals surface area contributed by atoms with Crippen molar-refractivity contribution in [3.05, 3.63) is 77.4 Å². The van der Waals surface area contributed by atoms with Crippen LogP contribution in [0.5, 0.6) is 5.75 Å². The van der Waals surface area contributed by atoms with E-state index in [9.17, 15) is 14.9 Å². The zero-order valence-corrected chi connectivity index (χ0v) is 20.2. The second-order valence-electron chi connectivity index (χ2n) is 8.38. The van der Waals surface area contributed by atoms with Gasteiger partial charge in [-0.1, -0.05) is 63.8 Å². The number of benzene rings is 2. The van der Waals surface area contributed by atoms with Gasteiger partial charge in [0.25, 0.3) is 0 Å². The number of ether oxygens (including phenoxy) is 2. The van der Waals surface area contributed by atoms with Gasteiger partial charge in [-0.3, -0.25) is 0 Å². The van der Waals surface area contributed by atoms with Crippen LogP contribution in [0.2, 0.25) is 0 Å². The summed E-state index contributed by atoms with van der Waals surface area (Å²) in [6.45, 7) is 5.98. The average Bonchev–Trinajstić information content (AvgIpc) is 2.86. The molecule has 2 aromatic rings. The fourth-order valence-electron chi connectivity index (χ4n) is 3.65. The second kappa shape index (κ2) is 15.4. The lowest BCUT2D eigenvalue weighted by molar-refractivity contribution is -0.137. The Hall–Kier alpha value is -3.39. The first-order valence-corrected chi connectivity index (χ1v) is 12.2. The molecule has 0 unspecified atom stereocenters. The minimum absolute atomic E-state index is 0.301. The van der Waals surface area contributed by atoms with Crippen molar-refractivity contribution in [1.29, 1.82) is 5.26 Å². The van der Waals surface area contributed by atoms with Gasteiger partial charge in [0.2, 0.25) is 0 Å². The molecule has 0 bridgehead atoms. The van der Waals surface area contributed by atoms with Gasteiger partial charge in [0.1, 0.15) is 11.8 Å². The van der Waals surface area contributed by atoms with E-state index in [1.165, 1.54) is 11.6 Å². The predicted molar refractivity (Wildman–Crippen MR) is 134 cm³/mol. The Morgan fingerprint density at radius 2 is 1.56 bits per heavy atom. The van der Waals surface area contributed by atoms with Crippen molar-refractivity contribution in [2.24, 2.45) is 0 Å². The molecular weight excluding hydrogens is 426 g/mol. The highest BCUT2D eigenvalue weighted by atomic mass is 16.5. The molecule has 0 heterocycles. The van der Waals surface area contributed by atoms with E-state index in [0.717, 1.165) is 69.8 Å². The molecule has 2 rings (SSSR count). The maximum absolute atomic E-state index is 12.6. The number of rotatable bonds is 15. The summed E-state index contributed by atoms with van der Waals surface area (Å²) in [7, 11) is 0. The van der Waals surface area contributed by atoms with E-state index in [4.69, 9.17) is 9.47 Å².